The monoisotopic (exact) mass is 285 g/mol. The number of benzene rings is 2. The van der Waals surface area contributed by atoms with Crippen molar-refractivity contribution < 1.29 is 14.3 Å². The highest BCUT2D eigenvalue weighted by atomic mass is 16.5. The van der Waals surface area contributed by atoms with E-state index in [0.717, 1.165) is 17.1 Å². The lowest BCUT2D eigenvalue weighted by atomic mass is 10.1. The zero-order valence-electron chi connectivity index (χ0n) is 12.7. The molecule has 4 heteroatoms. The van der Waals surface area contributed by atoms with Gasteiger partial charge in [-0.15, -0.1) is 0 Å². The molecule has 0 unspecified atom stereocenters. The van der Waals surface area contributed by atoms with Gasteiger partial charge in [-0.3, -0.25) is 4.79 Å². The van der Waals surface area contributed by atoms with E-state index < -0.39 is 0 Å². The number of ketones is 1. The van der Waals surface area contributed by atoms with Gasteiger partial charge in [-0.2, -0.15) is 0 Å². The molecule has 0 saturated heterocycles. The van der Waals surface area contributed by atoms with Crippen LogP contribution in [-0.4, -0.2) is 27.1 Å². The normalized spacial score (nSPS) is 10.1. The van der Waals surface area contributed by atoms with Crippen molar-refractivity contribution in [2.45, 2.75) is 6.92 Å². The Bertz CT molecular complexity index is 652. The van der Waals surface area contributed by atoms with Crippen molar-refractivity contribution in [2.24, 2.45) is 0 Å². The molecule has 0 aliphatic heterocycles. The first kappa shape index (κ1) is 14.9. The molecule has 0 N–H and O–H groups in total. The van der Waals surface area contributed by atoms with E-state index in [1.807, 2.05) is 48.3 Å². The van der Waals surface area contributed by atoms with Gasteiger partial charge in [0.05, 0.1) is 25.5 Å². The van der Waals surface area contributed by atoms with Gasteiger partial charge in [-0.25, -0.2) is 0 Å². The maximum Gasteiger partial charge on any atom is 0.165 e. The summed E-state index contributed by atoms with van der Waals surface area (Å²) < 4.78 is 10.6. The zero-order valence-corrected chi connectivity index (χ0v) is 12.7. The van der Waals surface area contributed by atoms with Gasteiger partial charge in [0.2, 0.25) is 0 Å². The third-order valence-corrected chi connectivity index (χ3v) is 3.38. The van der Waals surface area contributed by atoms with Gasteiger partial charge in [-0.1, -0.05) is 12.1 Å². The van der Waals surface area contributed by atoms with Crippen LogP contribution < -0.4 is 14.4 Å². The summed E-state index contributed by atoms with van der Waals surface area (Å²) in [5, 5.41) is 0. The van der Waals surface area contributed by atoms with Crippen molar-refractivity contribution in [1.29, 1.82) is 0 Å². The Morgan fingerprint density at radius 1 is 1.05 bits per heavy atom. The molecular weight excluding hydrogens is 266 g/mol. The Hall–Kier alpha value is -2.49. The minimum atomic E-state index is -0.0304. The molecule has 0 radical (unpaired) electrons. The molecule has 0 bridgehead atoms. The van der Waals surface area contributed by atoms with Gasteiger partial charge >= 0.3 is 0 Å². The fourth-order valence-electron chi connectivity index (χ4n) is 2.28. The number of ether oxygens (including phenoxy) is 2. The summed E-state index contributed by atoms with van der Waals surface area (Å²) in [6, 6.07) is 13.2. The molecule has 0 heterocycles. The van der Waals surface area contributed by atoms with Crippen LogP contribution in [0.3, 0.4) is 0 Å². The van der Waals surface area contributed by atoms with E-state index in [1.165, 1.54) is 0 Å². The second-order valence-electron chi connectivity index (χ2n) is 4.67. The highest BCUT2D eigenvalue weighted by Crippen LogP contribution is 2.34. The van der Waals surface area contributed by atoms with Crippen LogP contribution in [0.1, 0.15) is 17.3 Å². The fourth-order valence-corrected chi connectivity index (χ4v) is 2.28. The smallest absolute Gasteiger partial charge is 0.165 e. The SMILES string of the molecule is COc1cccc(N(C)c2cccc(OC)c2C(C)=O)c1. The van der Waals surface area contributed by atoms with Crippen LogP contribution in [0, 0.1) is 0 Å². The fraction of sp³-hybridized carbons (Fsp3) is 0.235. The van der Waals surface area contributed by atoms with Gasteiger partial charge in [0, 0.05) is 18.8 Å². The van der Waals surface area contributed by atoms with Crippen molar-refractivity contribution in [3.63, 3.8) is 0 Å². The third-order valence-electron chi connectivity index (χ3n) is 3.38. The van der Waals surface area contributed by atoms with Crippen LogP contribution in [0.5, 0.6) is 11.5 Å². The molecule has 0 atom stereocenters. The number of rotatable bonds is 5. The Kier molecular flexibility index (Phi) is 4.48. The summed E-state index contributed by atoms with van der Waals surface area (Å²) in [6.45, 7) is 1.54. The van der Waals surface area contributed by atoms with Crippen LogP contribution in [-0.2, 0) is 0 Å². The molecule has 0 aliphatic carbocycles. The van der Waals surface area contributed by atoms with E-state index in [-0.39, 0.29) is 5.78 Å². The average Bonchev–Trinajstić information content (AvgIpc) is 2.53. The third kappa shape index (κ3) is 2.99. The van der Waals surface area contributed by atoms with E-state index in [2.05, 4.69) is 0 Å². The van der Waals surface area contributed by atoms with Gasteiger partial charge < -0.3 is 14.4 Å². The van der Waals surface area contributed by atoms with Gasteiger partial charge in [0.15, 0.2) is 5.78 Å². The highest BCUT2D eigenvalue weighted by Gasteiger charge is 2.17. The maximum atomic E-state index is 12.0. The quantitative estimate of drug-likeness (QED) is 0.786. The van der Waals surface area contributed by atoms with Crippen LogP contribution in [0.4, 0.5) is 11.4 Å². The Morgan fingerprint density at radius 2 is 1.76 bits per heavy atom. The molecule has 4 nitrogen and oxygen atoms in total. The number of anilines is 2. The number of carbonyl (C=O) groups is 1. The molecule has 2 aromatic rings. The number of hydrogen-bond acceptors (Lipinski definition) is 4. The topological polar surface area (TPSA) is 38.8 Å². The lowest BCUT2D eigenvalue weighted by Gasteiger charge is -2.23. The first-order valence-electron chi connectivity index (χ1n) is 6.64. The lowest BCUT2D eigenvalue weighted by molar-refractivity contribution is 0.101. The van der Waals surface area contributed by atoms with Crippen LogP contribution in [0.15, 0.2) is 42.5 Å². The number of Topliss-reactive ketones (excluding diaryl/α,β-unsaturated/α-hetero) is 1. The van der Waals surface area contributed by atoms with Crippen molar-refractivity contribution in [2.75, 3.05) is 26.2 Å². The Morgan fingerprint density at radius 3 is 2.38 bits per heavy atom. The second kappa shape index (κ2) is 6.31. The number of carbonyl (C=O) groups excluding carboxylic acids is 1. The largest absolute Gasteiger partial charge is 0.497 e. The predicted octanol–water partition coefficient (Wildman–Crippen LogP) is 3.67. The minimum absolute atomic E-state index is 0.0304. The van der Waals surface area contributed by atoms with E-state index in [4.69, 9.17) is 9.47 Å². The molecule has 0 amide bonds. The van der Waals surface area contributed by atoms with E-state index in [1.54, 1.807) is 27.2 Å². The zero-order chi connectivity index (χ0) is 15.4. The Labute approximate surface area is 124 Å². The van der Waals surface area contributed by atoms with Crippen molar-refractivity contribution in [3.8, 4) is 11.5 Å². The van der Waals surface area contributed by atoms with Gasteiger partial charge in [-0.05, 0) is 31.2 Å². The molecule has 0 spiro atoms. The summed E-state index contributed by atoms with van der Waals surface area (Å²) in [5.41, 5.74) is 2.31. The van der Waals surface area contributed by atoms with Crippen molar-refractivity contribution >= 4 is 17.2 Å². The first-order chi connectivity index (χ1) is 10.1. The summed E-state index contributed by atoms with van der Waals surface area (Å²) in [4.78, 5) is 13.9. The van der Waals surface area contributed by atoms with Gasteiger partial charge in [0.1, 0.15) is 11.5 Å². The molecule has 0 saturated carbocycles. The van der Waals surface area contributed by atoms with Crippen LogP contribution in [0.2, 0.25) is 0 Å². The molecule has 2 aromatic carbocycles. The van der Waals surface area contributed by atoms with Crippen molar-refractivity contribution in [3.05, 3.63) is 48.0 Å². The molecule has 2 rings (SSSR count). The molecule has 110 valence electrons. The average molecular weight is 285 g/mol. The first-order valence-corrected chi connectivity index (χ1v) is 6.64. The second-order valence-corrected chi connectivity index (χ2v) is 4.67. The summed E-state index contributed by atoms with van der Waals surface area (Å²) >= 11 is 0. The summed E-state index contributed by atoms with van der Waals surface area (Å²) in [5.74, 6) is 1.32. The summed E-state index contributed by atoms with van der Waals surface area (Å²) in [7, 11) is 5.11. The Balaban J connectivity index is 2.52. The van der Waals surface area contributed by atoms with Crippen molar-refractivity contribution in [1.82, 2.24) is 0 Å². The summed E-state index contributed by atoms with van der Waals surface area (Å²) in [6.07, 6.45) is 0. The predicted molar refractivity (Wildman–Crippen MR) is 84.1 cm³/mol. The van der Waals surface area contributed by atoms with Crippen LogP contribution in [0.25, 0.3) is 0 Å². The maximum absolute atomic E-state index is 12.0. The van der Waals surface area contributed by atoms with E-state index in [0.29, 0.717) is 11.3 Å². The molecule has 0 aliphatic rings. The van der Waals surface area contributed by atoms with Crippen LogP contribution >= 0.6 is 0 Å². The molecular formula is C17H19NO3. The lowest BCUT2D eigenvalue weighted by Crippen LogP contribution is -2.14. The van der Waals surface area contributed by atoms with E-state index in [9.17, 15) is 4.79 Å². The van der Waals surface area contributed by atoms with E-state index >= 15 is 0 Å². The number of methoxy groups -OCH3 is 2. The van der Waals surface area contributed by atoms with Gasteiger partial charge in [0.25, 0.3) is 0 Å². The highest BCUT2D eigenvalue weighted by molar-refractivity contribution is 6.03. The molecule has 0 aromatic heterocycles. The number of hydrogen-bond donors (Lipinski definition) is 0. The standard InChI is InChI=1S/C17H19NO3/c1-12(19)17-15(9-6-10-16(17)21-4)18(2)13-7-5-8-14(11-13)20-3/h5-11H,1-4H3. The molecule has 21 heavy (non-hydrogen) atoms. The minimum Gasteiger partial charge on any atom is -0.497 e. The number of nitrogens with zero attached hydrogens (tertiary/aromatic N) is 1. The molecule has 0 fully saturated rings.